The van der Waals surface area contributed by atoms with Gasteiger partial charge in [0.05, 0.1) is 38.0 Å². The molecule has 7 nitrogen and oxygen atoms in total. The van der Waals surface area contributed by atoms with Gasteiger partial charge in [-0.3, -0.25) is 9.97 Å². The van der Waals surface area contributed by atoms with E-state index in [0.29, 0.717) is 22.9 Å². The van der Waals surface area contributed by atoms with Crippen LogP contribution in [-0.2, 0) is 0 Å². The Balaban J connectivity index is 0.000000154. The summed E-state index contributed by atoms with van der Waals surface area (Å²) in [6, 6.07) is 18.7. The number of ether oxygens (including phenoxy) is 3. The van der Waals surface area contributed by atoms with E-state index in [9.17, 15) is 0 Å². The third kappa shape index (κ3) is 3.88. The molecule has 0 amide bonds. The number of fused-ring (bicyclic) bond motifs is 3. The van der Waals surface area contributed by atoms with E-state index in [2.05, 4.69) is 9.97 Å². The number of benzene rings is 2. The number of nitrogen functional groups attached to an aromatic ring is 1. The number of methoxy groups -OCH3 is 3. The van der Waals surface area contributed by atoms with E-state index in [4.69, 9.17) is 24.4 Å². The van der Waals surface area contributed by atoms with Gasteiger partial charge in [0.2, 0.25) is 0 Å². The average Bonchev–Trinajstić information content (AvgIpc) is 3.23. The van der Waals surface area contributed by atoms with Crippen molar-refractivity contribution in [3.05, 3.63) is 73.1 Å². The maximum Gasteiger partial charge on any atom is 0.154 e. The molecule has 7 heteroatoms. The van der Waals surface area contributed by atoms with Crippen LogP contribution in [-0.4, -0.2) is 31.3 Å². The van der Waals surface area contributed by atoms with Crippen molar-refractivity contribution in [2.45, 2.75) is 0 Å². The molecule has 2 N–H and O–H groups in total. The van der Waals surface area contributed by atoms with Crippen LogP contribution in [0, 0.1) is 0 Å². The monoisotopic (exact) mass is 429 g/mol. The molecule has 3 heterocycles. The highest BCUT2D eigenvalue weighted by atomic mass is 16.5. The second kappa shape index (κ2) is 9.26. The molecule has 2 aromatic carbocycles. The molecule has 0 aliphatic heterocycles. The minimum absolute atomic E-state index is 0.593. The second-order valence-electron chi connectivity index (χ2n) is 6.76. The predicted octanol–water partition coefficient (Wildman–Crippen LogP) is 5.34. The van der Waals surface area contributed by atoms with Crippen molar-refractivity contribution in [1.29, 1.82) is 0 Å². The number of nitrogens with zero attached hydrogens (tertiary/aromatic N) is 2. The molecular weight excluding hydrogens is 406 g/mol. The lowest BCUT2D eigenvalue weighted by molar-refractivity contribution is 0.397. The van der Waals surface area contributed by atoms with Crippen molar-refractivity contribution in [2.75, 3.05) is 27.1 Å². The molecule has 0 bridgehead atoms. The Kier molecular flexibility index (Phi) is 6.07. The minimum Gasteiger partial charge on any atom is -0.496 e. The van der Waals surface area contributed by atoms with Crippen LogP contribution in [0.5, 0.6) is 17.2 Å². The van der Waals surface area contributed by atoms with E-state index >= 15 is 0 Å². The fraction of sp³-hybridized carbons (Fsp3) is 0.120. The maximum atomic E-state index is 5.93. The Morgan fingerprint density at radius 1 is 0.688 bits per heavy atom. The normalized spacial score (nSPS) is 10.5. The Morgan fingerprint density at radius 2 is 1.28 bits per heavy atom. The van der Waals surface area contributed by atoms with Crippen LogP contribution in [0.15, 0.2) is 77.5 Å². The Morgan fingerprint density at radius 3 is 1.97 bits per heavy atom. The van der Waals surface area contributed by atoms with Gasteiger partial charge in [-0.1, -0.05) is 12.1 Å². The Hall–Kier alpha value is -4.26. The number of rotatable bonds is 4. The number of furan rings is 1. The van der Waals surface area contributed by atoms with Crippen LogP contribution in [0.3, 0.4) is 0 Å². The summed E-state index contributed by atoms with van der Waals surface area (Å²) in [6.45, 7) is 0. The number of hydrogen-bond donors (Lipinski definition) is 1. The lowest BCUT2D eigenvalue weighted by Gasteiger charge is -2.13. The van der Waals surface area contributed by atoms with E-state index in [-0.39, 0.29) is 0 Å². The van der Waals surface area contributed by atoms with Gasteiger partial charge < -0.3 is 24.4 Å². The molecule has 32 heavy (non-hydrogen) atoms. The molecule has 0 spiro atoms. The Labute approximate surface area is 185 Å². The van der Waals surface area contributed by atoms with Crippen LogP contribution < -0.4 is 19.9 Å². The molecule has 0 unspecified atom stereocenters. The van der Waals surface area contributed by atoms with E-state index in [1.54, 1.807) is 45.9 Å². The first kappa shape index (κ1) is 21.0. The summed E-state index contributed by atoms with van der Waals surface area (Å²) in [5.74, 6) is 2.18. The maximum absolute atomic E-state index is 5.93. The van der Waals surface area contributed by atoms with Crippen molar-refractivity contribution >= 4 is 27.8 Å². The summed E-state index contributed by atoms with van der Waals surface area (Å²) in [4.78, 5) is 8.58. The SMILES string of the molecule is COc1cccc(OC)c1-c1ncccc1N.COc1cccc2oc3cccnc3c12. The van der Waals surface area contributed by atoms with Crippen LogP contribution in [0.25, 0.3) is 33.3 Å². The second-order valence-corrected chi connectivity index (χ2v) is 6.76. The highest BCUT2D eigenvalue weighted by Crippen LogP contribution is 2.39. The molecule has 0 saturated heterocycles. The van der Waals surface area contributed by atoms with Crippen molar-refractivity contribution in [2.24, 2.45) is 0 Å². The zero-order chi connectivity index (χ0) is 22.5. The number of anilines is 1. The molecule has 0 saturated carbocycles. The molecule has 162 valence electrons. The first-order valence-electron chi connectivity index (χ1n) is 9.90. The van der Waals surface area contributed by atoms with Gasteiger partial charge in [-0.2, -0.15) is 0 Å². The van der Waals surface area contributed by atoms with Gasteiger partial charge >= 0.3 is 0 Å². The lowest BCUT2D eigenvalue weighted by atomic mass is 10.1. The molecule has 5 aromatic rings. The molecular formula is C25H23N3O4. The minimum atomic E-state index is 0.593. The number of hydrogen-bond acceptors (Lipinski definition) is 7. The highest BCUT2D eigenvalue weighted by Gasteiger charge is 2.15. The van der Waals surface area contributed by atoms with Crippen molar-refractivity contribution in [3.8, 4) is 28.5 Å². The Bertz CT molecular complexity index is 1340. The summed E-state index contributed by atoms with van der Waals surface area (Å²) in [5, 5.41) is 0.940. The summed E-state index contributed by atoms with van der Waals surface area (Å²) >= 11 is 0. The van der Waals surface area contributed by atoms with Crippen molar-refractivity contribution in [3.63, 3.8) is 0 Å². The van der Waals surface area contributed by atoms with E-state index in [1.165, 1.54) is 0 Å². The number of nitrogens with two attached hydrogens (primary N) is 1. The lowest BCUT2D eigenvalue weighted by Crippen LogP contribution is -1.98. The van der Waals surface area contributed by atoms with E-state index < -0.39 is 0 Å². The third-order valence-electron chi connectivity index (χ3n) is 4.94. The van der Waals surface area contributed by atoms with Gasteiger partial charge in [-0.25, -0.2) is 0 Å². The van der Waals surface area contributed by atoms with Crippen LogP contribution in [0.1, 0.15) is 0 Å². The predicted molar refractivity (Wildman–Crippen MR) is 125 cm³/mol. The van der Waals surface area contributed by atoms with Gasteiger partial charge in [0.25, 0.3) is 0 Å². The summed E-state index contributed by atoms with van der Waals surface area (Å²) < 4.78 is 21.6. The van der Waals surface area contributed by atoms with Gasteiger partial charge in [-0.05, 0) is 48.5 Å². The van der Waals surface area contributed by atoms with Crippen LogP contribution in [0.4, 0.5) is 5.69 Å². The molecule has 5 rings (SSSR count). The molecule has 0 radical (unpaired) electrons. The topological polar surface area (TPSA) is 92.6 Å². The quantitative estimate of drug-likeness (QED) is 0.412. The summed E-state index contributed by atoms with van der Waals surface area (Å²) in [7, 11) is 4.87. The van der Waals surface area contributed by atoms with E-state index in [0.717, 1.165) is 33.4 Å². The largest absolute Gasteiger partial charge is 0.496 e. The molecule has 0 fully saturated rings. The average molecular weight is 429 g/mol. The number of aromatic nitrogens is 2. The van der Waals surface area contributed by atoms with Gasteiger partial charge in [0, 0.05) is 12.4 Å². The summed E-state index contributed by atoms with van der Waals surface area (Å²) in [5.41, 5.74) is 10.4. The fourth-order valence-electron chi connectivity index (χ4n) is 3.49. The van der Waals surface area contributed by atoms with Gasteiger partial charge in [-0.15, -0.1) is 0 Å². The fourth-order valence-corrected chi connectivity index (χ4v) is 3.49. The van der Waals surface area contributed by atoms with E-state index in [1.807, 2.05) is 48.5 Å². The first-order chi connectivity index (χ1) is 15.7. The zero-order valence-electron chi connectivity index (χ0n) is 18.0. The molecule has 0 aliphatic carbocycles. The summed E-state index contributed by atoms with van der Waals surface area (Å²) in [6.07, 6.45) is 3.45. The number of pyridine rings is 2. The zero-order valence-corrected chi connectivity index (χ0v) is 18.0. The molecule has 0 atom stereocenters. The first-order valence-corrected chi connectivity index (χ1v) is 9.90. The van der Waals surface area contributed by atoms with Gasteiger partial charge in [0.1, 0.15) is 34.0 Å². The van der Waals surface area contributed by atoms with Crippen molar-refractivity contribution in [1.82, 2.24) is 9.97 Å². The smallest absolute Gasteiger partial charge is 0.154 e. The standard InChI is InChI=1S/C13H14N2O2.C12H9NO2/c1-16-10-6-3-7-11(17-2)12(10)13-9(14)5-4-8-15-13;1-14-8-4-2-5-9-11(8)12-10(15-9)6-3-7-13-12/h3-8H,14H2,1-2H3;2-7H,1H3. The van der Waals surface area contributed by atoms with Crippen molar-refractivity contribution < 1.29 is 18.6 Å². The van der Waals surface area contributed by atoms with Crippen LogP contribution in [0.2, 0.25) is 0 Å². The highest BCUT2D eigenvalue weighted by molar-refractivity contribution is 6.05. The molecule has 0 aliphatic rings. The third-order valence-corrected chi connectivity index (χ3v) is 4.94. The molecule has 3 aromatic heterocycles. The van der Waals surface area contributed by atoms with Crippen LogP contribution >= 0.6 is 0 Å². The van der Waals surface area contributed by atoms with Gasteiger partial charge in [0.15, 0.2) is 5.58 Å².